The van der Waals surface area contributed by atoms with Gasteiger partial charge in [-0.3, -0.25) is 0 Å². The second-order valence-electron chi connectivity index (χ2n) is 5.00. The van der Waals surface area contributed by atoms with E-state index in [1.165, 1.54) is 0 Å². The number of para-hydroxylation sites is 1. The third kappa shape index (κ3) is 2.39. The van der Waals surface area contributed by atoms with Gasteiger partial charge >= 0.3 is 0 Å². The molecule has 0 aliphatic rings. The summed E-state index contributed by atoms with van der Waals surface area (Å²) in [5.41, 5.74) is 1.74. The molecule has 0 saturated heterocycles. The lowest BCUT2D eigenvalue weighted by atomic mass is 10.1. The summed E-state index contributed by atoms with van der Waals surface area (Å²) in [6, 6.07) is 5.73. The number of hydrogen-bond donors (Lipinski definition) is 1. The van der Waals surface area contributed by atoms with E-state index in [0.717, 1.165) is 29.4 Å². The highest BCUT2D eigenvalue weighted by atomic mass is 35.5. The van der Waals surface area contributed by atoms with Gasteiger partial charge in [0.1, 0.15) is 5.76 Å². The number of hydrogen-bond acceptors (Lipinski definition) is 1. The zero-order chi connectivity index (χ0) is 13.3. The van der Waals surface area contributed by atoms with Crippen molar-refractivity contribution in [2.24, 2.45) is 5.92 Å². The van der Waals surface area contributed by atoms with Gasteiger partial charge in [-0.15, -0.1) is 0 Å². The molecule has 0 bridgehead atoms. The number of fused-ring (bicyclic) bond motifs is 1. The normalized spacial score (nSPS) is 11.3. The Balaban J connectivity index is 2.55. The van der Waals surface area contributed by atoms with Crippen molar-refractivity contribution >= 4 is 28.3 Å². The summed E-state index contributed by atoms with van der Waals surface area (Å²) in [5.74, 6) is 0.719. The average molecular weight is 264 g/mol. The molecule has 1 aromatic heterocycles. The van der Waals surface area contributed by atoms with Crippen LogP contribution in [0.15, 0.2) is 31.0 Å². The molecule has 0 amide bonds. The number of rotatable bonds is 4. The maximum Gasteiger partial charge on any atom is 0.117 e. The molecule has 0 spiro atoms. The monoisotopic (exact) mass is 263 g/mol. The maximum atomic E-state index is 9.65. The van der Waals surface area contributed by atoms with Gasteiger partial charge in [0, 0.05) is 23.7 Å². The molecule has 2 aromatic rings. The van der Waals surface area contributed by atoms with Crippen molar-refractivity contribution < 1.29 is 5.11 Å². The van der Waals surface area contributed by atoms with Crippen LogP contribution in [0.25, 0.3) is 16.7 Å². The van der Waals surface area contributed by atoms with Crippen LogP contribution < -0.4 is 0 Å². The fourth-order valence-corrected chi connectivity index (χ4v) is 2.40. The van der Waals surface area contributed by atoms with E-state index < -0.39 is 0 Å². The van der Waals surface area contributed by atoms with Gasteiger partial charge in [-0.1, -0.05) is 44.2 Å². The van der Waals surface area contributed by atoms with Gasteiger partial charge in [0.15, 0.2) is 0 Å². The summed E-state index contributed by atoms with van der Waals surface area (Å²) in [4.78, 5) is 0. The molecule has 3 heteroatoms. The molecule has 2 nitrogen and oxygen atoms in total. The van der Waals surface area contributed by atoms with Gasteiger partial charge in [0.05, 0.1) is 10.5 Å². The van der Waals surface area contributed by atoms with Crippen molar-refractivity contribution in [3.05, 3.63) is 41.6 Å². The fraction of sp³-hybridized carbons (Fsp3) is 0.333. The molecule has 0 saturated carbocycles. The highest BCUT2D eigenvalue weighted by Gasteiger charge is 2.13. The quantitative estimate of drug-likeness (QED) is 0.782. The highest BCUT2D eigenvalue weighted by molar-refractivity contribution is 6.35. The van der Waals surface area contributed by atoms with Gasteiger partial charge in [-0.25, -0.2) is 0 Å². The van der Waals surface area contributed by atoms with E-state index in [9.17, 15) is 5.11 Å². The van der Waals surface area contributed by atoms with Crippen LogP contribution >= 0.6 is 11.6 Å². The fourth-order valence-electron chi connectivity index (χ4n) is 2.12. The van der Waals surface area contributed by atoms with Crippen molar-refractivity contribution in [3.63, 3.8) is 0 Å². The van der Waals surface area contributed by atoms with Crippen LogP contribution in [0.2, 0.25) is 5.02 Å². The van der Waals surface area contributed by atoms with Crippen LogP contribution in [-0.4, -0.2) is 9.67 Å². The SMILES string of the molecule is C=C(O)c1cn(CCC(C)C)c2c(Cl)cccc12. The van der Waals surface area contributed by atoms with Crippen LogP contribution in [0.3, 0.4) is 0 Å². The maximum absolute atomic E-state index is 9.65. The van der Waals surface area contributed by atoms with Gasteiger partial charge in [0.25, 0.3) is 0 Å². The predicted octanol–water partition coefficient (Wildman–Crippen LogP) is 4.87. The molecule has 0 radical (unpaired) electrons. The third-order valence-electron chi connectivity index (χ3n) is 3.11. The van der Waals surface area contributed by atoms with Crippen LogP contribution in [-0.2, 0) is 6.54 Å². The lowest BCUT2D eigenvalue weighted by molar-refractivity contribution is 0.511. The first-order chi connectivity index (χ1) is 8.50. The minimum Gasteiger partial charge on any atom is -0.508 e. The zero-order valence-corrected chi connectivity index (χ0v) is 11.5. The van der Waals surface area contributed by atoms with Crippen molar-refractivity contribution in [3.8, 4) is 0 Å². The van der Waals surface area contributed by atoms with Gasteiger partial charge in [-0.05, 0) is 18.4 Å². The molecule has 96 valence electrons. The van der Waals surface area contributed by atoms with E-state index in [2.05, 4.69) is 25.0 Å². The van der Waals surface area contributed by atoms with Crippen molar-refractivity contribution in [1.29, 1.82) is 0 Å². The number of aryl methyl sites for hydroxylation is 1. The van der Waals surface area contributed by atoms with E-state index in [1.54, 1.807) is 0 Å². The highest BCUT2D eigenvalue weighted by Crippen LogP contribution is 2.31. The van der Waals surface area contributed by atoms with E-state index in [4.69, 9.17) is 11.6 Å². The molecule has 0 unspecified atom stereocenters. The van der Waals surface area contributed by atoms with Crippen molar-refractivity contribution in [2.45, 2.75) is 26.8 Å². The summed E-state index contributed by atoms with van der Waals surface area (Å²) < 4.78 is 2.11. The Morgan fingerprint density at radius 1 is 1.44 bits per heavy atom. The minimum atomic E-state index is 0.0885. The molecule has 1 aromatic carbocycles. The molecule has 0 fully saturated rings. The molecule has 0 aliphatic heterocycles. The largest absolute Gasteiger partial charge is 0.508 e. The van der Waals surface area contributed by atoms with Crippen molar-refractivity contribution in [2.75, 3.05) is 0 Å². The average Bonchev–Trinajstić information content (AvgIpc) is 2.67. The molecule has 1 N–H and O–H groups in total. The van der Waals surface area contributed by atoms with Gasteiger partial charge in [0.2, 0.25) is 0 Å². The van der Waals surface area contributed by atoms with E-state index >= 15 is 0 Å². The molecule has 2 rings (SSSR count). The lowest BCUT2D eigenvalue weighted by Gasteiger charge is -2.08. The van der Waals surface area contributed by atoms with Crippen LogP contribution in [0.5, 0.6) is 0 Å². The number of aliphatic hydroxyl groups excluding tert-OH is 1. The second-order valence-corrected chi connectivity index (χ2v) is 5.41. The number of benzene rings is 1. The minimum absolute atomic E-state index is 0.0885. The summed E-state index contributed by atoms with van der Waals surface area (Å²) >= 11 is 6.26. The molecular formula is C15H18ClNO. The van der Waals surface area contributed by atoms with Crippen LogP contribution in [0.4, 0.5) is 0 Å². The van der Waals surface area contributed by atoms with Gasteiger partial charge in [-0.2, -0.15) is 0 Å². The molecular weight excluding hydrogens is 246 g/mol. The Morgan fingerprint density at radius 3 is 2.78 bits per heavy atom. The lowest BCUT2D eigenvalue weighted by Crippen LogP contribution is -2.00. The van der Waals surface area contributed by atoms with Crippen molar-refractivity contribution in [1.82, 2.24) is 4.57 Å². The zero-order valence-electron chi connectivity index (χ0n) is 10.8. The van der Waals surface area contributed by atoms with E-state index in [-0.39, 0.29) is 5.76 Å². The number of nitrogens with zero attached hydrogens (tertiary/aromatic N) is 1. The van der Waals surface area contributed by atoms with Gasteiger partial charge < -0.3 is 9.67 Å². The summed E-state index contributed by atoms with van der Waals surface area (Å²) in [7, 11) is 0. The second kappa shape index (κ2) is 5.07. The summed E-state index contributed by atoms with van der Waals surface area (Å²) in [5, 5.41) is 11.3. The number of aromatic nitrogens is 1. The van der Waals surface area contributed by atoms with E-state index in [1.807, 2.05) is 24.4 Å². The molecule has 0 atom stereocenters. The number of halogens is 1. The Morgan fingerprint density at radius 2 is 2.17 bits per heavy atom. The first-order valence-electron chi connectivity index (χ1n) is 6.16. The third-order valence-corrected chi connectivity index (χ3v) is 3.41. The van der Waals surface area contributed by atoms with E-state index in [0.29, 0.717) is 10.9 Å². The summed E-state index contributed by atoms with van der Waals surface area (Å²) in [6.07, 6.45) is 3.01. The van der Waals surface area contributed by atoms with Crippen LogP contribution in [0.1, 0.15) is 25.8 Å². The first kappa shape index (κ1) is 13.0. The Hall–Kier alpha value is -1.41. The Labute approximate surface area is 112 Å². The first-order valence-corrected chi connectivity index (χ1v) is 6.54. The Kier molecular flexibility index (Phi) is 3.67. The Bertz CT molecular complexity index is 583. The molecule has 1 heterocycles. The molecule has 18 heavy (non-hydrogen) atoms. The topological polar surface area (TPSA) is 25.2 Å². The number of aliphatic hydroxyl groups is 1. The van der Waals surface area contributed by atoms with Crippen LogP contribution in [0, 0.1) is 5.92 Å². The smallest absolute Gasteiger partial charge is 0.117 e. The summed E-state index contributed by atoms with van der Waals surface area (Å²) in [6.45, 7) is 8.89. The molecule has 0 aliphatic carbocycles. The predicted molar refractivity (Wildman–Crippen MR) is 78.1 cm³/mol. The standard InChI is InChI=1S/C15H18ClNO/c1-10(2)7-8-17-9-13(11(3)18)12-5-4-6-14(16)15(12)17/h4-6,9-10,18H,3,7-8H2,1-2H3.